The van der Waals surface area contributed by atoms with E-state index in [0.717, 1.165) is 145 Å². The molecule has 0 aliphatic carbocycles. The van der Waals surface area contributed by atoms with Gasteiger partial charge in [0.05, 0.1) is 67.6 Å². The summed E-state index contributed by atoms with van der Waals surface area (Å²) in [7, 11) is 0. The molecule has 0 saturated heterocycles. The van der Waals surface area contributed by atoms with Gasteiger partial charge in [-0.3, -0.25) is 0 Å². The number of benzene rings is 14. The highest BCUT2D eigenvalue weighted by molar-refractivity contribution is 6.15. The molecule has 484 valence electrons. The van der Waals surface area contributed by atoms with Crippen molar-refractivity contribution < 1.29 is 0 Å². The van der Waals surface area contributed by atoms with Crippen LogP contribution in [0.3, 0.4) is 0 Å². The van der Waals surface area contributed by atoms with E-state index in [1.807, 2.05) is 121 Å². The average molecular weight is 1330 g/mol. The molecule has 0 N–H and O–H groups in total. The van der Waals surface area contributed by atoms with Gasteiger partial charge in [-0.2, -0.15) is 0 Å². The van der Waals surface area contributed by atoms with E-state index in [-0.39, 0.29) is 0 Å². The Morgan fingerprint density at radius 3 is 0.962 bits per heavy atom. The fourth-order valence-electron chi connectivity index (χ4n) is 14.4. The Balaban J connectivity index is 0.000000143. The first-order valence-corrected chi connectivity index (χ1v) is 34.9. The van der Waals surface area contributed by atoms with Crippen LogP contribution >= 0.6 is 0 Å². The predicted molar refractivity (Wildman–Crippen MR) is 430 cm³/mol. The third kappa shape index (κ3) is 11.7. The highest BCUT2D eigenvalue weighted by Crippen LogP contribution is 2.40. The molecule has 6 heterocycles. The summed E-state index contributed by atoms with van der Waals surface area (Å²) >= 11 is 0. The van der Waals surface area contributed by atoms with E-state index in [1.54, 1.807) is 0 Å². The highest BCUT2D eigenvalue weighted by atomic mass is 14.9. The average Bonchev–Trinajstić information content (AvgIpc) is 0.767. The Morgan fingerprint density at radius 2 is 0.481 bits per heavy atom. The second-order valence-electron chi connectivity index (χ2n) is 26.2. The molecule has 104 heavy (non-hydrogen) atoms. The van der Waals surface area contributed by atoms with Gasteiger partial charge in [-0.15, -0.1) is 0 Å². The van der Waals surface area contributed by atoms with E-state index in [0.29, 0.717) is 11.6 Å². The summed E-state index contributed by atoms with van der Waals surface area (Å²) in [5, 5.41) is 14.2. The van der Waals surface area contributed by atoms with E-state index in [2.05, 4.69) is 243 Å². The lowest BCUT2D eigenvalue weighted by molar-refractivity contribution is 1.17. The SMILES string of the molecule is c1ccc(-c2cc(-c3ccc4ccc(-c5ccc6ccc(-c7cc8ccccc8c8ccccc78)nc6c5)cc4n3)nc(-c3ccccc3)n2)cc1.c1ccc(-c2cc(-c3ccc4ccc(-c5ccc6ccc(-c7cccc8ccc9ccccc9c78)nc6c5)cc4n3)nc(-c3ccccc3)n2)cc1. The van der Waals surface area contributed by atoms with Gasteiger partial charge in [0.1, 0.15) is 0 Å². The molecule has 14 aromatic carbocycles. The topological polar surface area (TPSA) is 103 Å². The van der Waals surface area contributed by atoms with Gasteiger partial charge in [-0.25, -0.2) is 39.9 Å². The van der Waals surface area contributed by atoms with Crippen molar-refractivity contribution >= 4 is 86.7 Å². The van der Waals surface area contributed by atoms with Gasteiger partial charge in [0.15, 0.2) is 11.6 Å². The molecule has 0 aliphatic rings. The van der Waals surface area contributed by atoms with E-state index in [1.165, 1.54) is 43.1 Å². The fraction of sp³-hybridized carbons (Fsp3) is 0. The zero-order chi connectivity index (χ0) is 68.9. The van der Waals surface area contributed by atoms with Gasteiger partial charge in [-0.05, 0) is 132 Å². The van der Waals surface area contributed by atoms with E-state index in [4.69, 9.17) is 39.9 Å². The van der Waals surface area contributed by atoms with Crippen LogP contribution in [0.25, 0.3) is 200 Å². The number of pyridine rings is 4. The molecule has 0 bridgehead atoms. The fourth-order valence-corrected chi connectivity index (χ4v) is 14.4. The summed E-state index contributed by atoms with van der Waals surface area (Å²) in [5.41, 5.74) is 21.2. The summed E-state index contributed by atoms with van der Waals surface area (Å²) in [6, 6.07) is 127. The first kappa shape index (κ1) is 61.0. The standard InChI is InChI=1S/2C48H30N4/c1-3-11-31(12-4-1)46-30-47(52-48(51-46)34-13-5-2-6-14-34)43-26-24-33-20-22-36(29-45(33)50-43)35-21-19-32-23-25-42(49-44(32)28-35)41-27-37-15-7-8-16-38(37)39-17-9-10-18-40(39)41;1-3-11-32(12-4-1)45-30-46(52-48(51-45)36-13-5-2-6-14-36)42-27-25-34-20-23-38(29-44(34)50-42)37-22-19-33-24-26-41(49-43(33)28-37)40-17-9-15-35-21-18-31-10-7-8-16-39(31)47(35)40/h2*1-30H. The molecular weight excluding hydrogens is 1270 g/mol. The summed E-state index contributed by atoms with van der Waals surface area (Å²) in [6.07, 6.45) is 0. The summed E-state index contributed by atoms with van der Waals surface area (Å²) in [4.78, 5) is 40.7. The van der Waals surface area contributed by atoms with Gasteiger partial charge < -0.3 is 0 Å². The molecule has 0 aliphatic heterocycles. The van der Waals surface area contributed by atoms with Crippen LogP contribution in [0.1, 0.15) is 0 Å². The number of nitrogens with zero attached hydrogens (tertiary/aromatic N) is 8. The van der Waals surface area contributed by atoms with Crippen molar-refractivity contribution in [2.24, 2.45) is 0 Å². The number of rotatable bonds is 10. The molecule has 0 atom stereocenters. The minimum absolute atomic E-state index is 0.673. The van der Waals surface area contributed by atoms with Crippen molar-refractivity contribution in [1.82, 2.24) is 39.9 Å². The molecule has 20 rings (SSSR count). The number of hydrogen-bond acceptors (Lipinski definition) is 8. The van der Waals surface area contributed by atoms with E-state index >= 15 is 0 Å². The Labute approximate surface area is 599 Å². The van der Waals surface area contributed by atoms with Crippen molar-refractivity contribution in [3.8, 4) is 113 Å². The second kappa shape index (κ2) is 26.2. The van der Waals surface area contributed by atoms with Crippen molar-refractivity contribution in [3.05, 3.63) is 364 Å². The minimum Gasteiger partial charge on any atom is -0.248 e. The lowest BCUT2D eigenvalue weighted by atomic mass is 9.95. The molecule has 0 radical (unpaired) electrons. The Bertz CT molecular complexity index is 6310. The van der Waals surface area contributed by atoms with Crippen molar-refractivity contribution in [2.45, 2.75) is 0 Å². The van der Waals surface area contributed by atoms with Crippen LogP contribution in [0.2, 0.25) is 0 Å². The molecule has 20 aromatic rings. The first-order chi connectivity index (χ1) is 51.5. The van der Waals surface area contributed by atoms with Crippen LogP contribution in [-0.2, 0) is 0 Å². The molecular formula is C96H60N8. The molecule has 6 aromatic heterocycles. The van der Waals surface area contributed by atoms with Gasteiger partial charge in [0, 0.05) is 54.9 Å². The zero-order valence-electron chi connectivity index (χ0n) is 56.2. The van der Waals surface area contributed by atoms with Crippen LogP contribution in [0.15, 0.2) is 364 Å². The maximum Gasteiger partial charge on any atom is 0.160 e. The van der Waals surface area contributed by atoms with Gasteiger partial charge in [0.2, 0.25) is 0 Å². The Kier molecular flexibility index (Phi) is 15.4. The number of aromatic nitrogens is 8. The highest BCUT2D eigenvalue weighted by Gasteiger charge is 2.18. The summed E-state index contributed by atoms with van der Waals surface area (Å²) in [6.45, 7) is 0. The third-order valence-electron chi connectivity index (χ3n) is 19.7. The van der Waals surface area contributed by atoms with Crippen molar-refractivity contribution in [3.63, 3.8) is 0 Å². The smallest absolute Gasteiger partial charge is 0.160 e. The van der Waals surface area contributed by atoms with E-state index in [9.17, 15) is 0 Å². The largest absolute Gasteiger partial charge is 0.248 e. The maximum absolute atomic E-state index is 5.24. The van der Waals surface area contributed by atoms with Gasteiger partial charge in [0.25, 0.3) is 0 Å². The van der Waals surface area contributed by atoms with E-state index < -0.39 is 0 Å². The van der Waals surface area contributed by atoms with Crippen LogP contribution in [0.5, 0.6) is 0 Å². The summed E-state index contributed by atoms with van der Waals surface area (Å²) in [5.74, 6) is 1.35. The van der Waals surface area contributed by atoms with Crippen LogP contribution in [0, 0.1) is 0 Å². The molecule has 8 heteroatoms. The molecule has 0 saturated carbocycles. The predicted octanol–water partition coefficient (Wildman–Crippen LogP) is 24.4. The zero-order valence-corrected chi connectivity index (χ0v) is 56.2. The van der Waals surface area contributed by atoms with Crippen molar-refractivity contribution in [2.75, 3.05) is 0 Å². The molecule has 0 unspecified atom stereocenters. The third-order valence-corrected chi connectivity index (χ3v) is 19.7. The molecule has 0 spiro atoms. The van der Waals surface area contributed by atoms with Crippen LogP contribution in [-0.4, -0.2) is 39.9 Å². The molecule has 8 nitrogen and oxygen atoms in total. The quantitative estimate of drug-likeness (QED) is 0.125. The van der Waals surface area contributed by atoms with Gasteiger partial charge in [-0.1, -0.05) is 297 Å². The number of hydrogen-bond donors (Lipinski definition) is 0. The maximum atomic E-state index is 5.24. The Morgan fingerprint density at radius 1 is 0.144 bits per heavy atom. The lowest BCUT2D eigenvalue weighted by Gasteiger charge is -2.12. The normalized spacial score (nSPS) is 11.5. The second-order valence-corrected chi connectivity index (χ2v) is 26.2. The minimum atomic E-state index is 0.673. The summed E-state index contributed by atoms with van der Waals surface area (Å²) < 4.78 is 0. The molecule has 0 fully saturated rings. The molecule has 0 amide bonds. The van der Waals surface area contributed by atoms with Crippen LogP contribution < -0.4 is 0 Å². The number of fused-ring (bicyclic) bond motifs is 10. The van der Waals surface area contributed by atoms with Crippen LogP contribution in [0.4, 0.5) is 0 Å². The monoisotopic (exact) mass is 1320 g/mol. The van der Waals surface area contributed by atoms with Crippen molar-refractivity contribution in [1.29, 1.82) is 0 Å². The lowest BCUT2D eigenvalue weighted by Crippen LogP contribution is -1.97. The van der Waals surface area contributed by atoms with Gasteiger partial charge >= 0.3 is 0 Å². The Hall–Kier alpha value is -14.1. The first-order valence-electron chi connectivity index (χ1n) is 34.9.